The molecule has 5 aromatic rings. The number of nitrogens with one attached hydrogen (secondary N) is 1. The van der Waals surface area contributed by atoms with Crippen LogP contribution < -0.4 is 9.46 Å². The highest BCUT2D eigenvalue weighted by atomic mass is 32.2. The number of hydrogen-bond donors (Lipinski definition) is 1. The molecule has 3 aromatic carbocycles. The Morgan fingerprint density at radius 3 is 2.54 bits per heavy atom. The standard InChI is InChI=1S/C33H24F2N4O6S/c1-43-30-28(38-46(41,42)29-9-7-22(34)14-26(29)35)13-21(16-37-30)20-6-8-27-25(12-20)24(10-11-36-27)18-2-4-19(5-3-18)31(40)39-17-23-15-33(39)32(44-23)45-33/h2-14,16,23,32,38H,15,17H2,1H3/t23?,32-,33-/m0/s1. The molecule has 13 heteroatoms. The molecule has 0 saturated carbocycles. The second-order valence-corrected chi connectivity index (χ2v) is 13.0. The summed E-state index contributed by atoms with van der Waals surface area (Å²) >= 11 is 0. The number of methoxy groups -OCH3 is 1. The molecular weight excluding hydrogens is 618 g/mol. The SMILES string of the molecule is COc1ncc(-c2ccc3nccc(-c4ccc(C(=O)N5CC6C[C@@]57O[C@@H]7O6)cc4)c3c2)cc1NS(=O)(=O)c1ccc(F)cc1F. The smallest absolute Gasteiger partial charge is 0.264 e. The Labute approximate surface area is 261 Å². The highest BCUT2D eigenvalue weighted by molar-refractivity contribution is 7.92. The molecule has 232 valence electrons. The predicted molar refractivity (Wildman–Crippen MR) is 162 cm³/mol. The molecule has 0 aliphatic carbocycles. The second-order valence-electron chi connectivity index (χ2n) is 11.3. The van der Waals surface area contributed by atoms with Gasteiger partial charge in [-0.05, 0) is 65.2 Å². The number of halogens is 2. The second kappa shape index (κ2) is 10.3. The number of ether oxygens (including phenoxy) is 3. The summed E-state index contributed by atoms with van der Waals surface area (Å²) in [6.07, 6.45) is 3.64. The van der Waals surface area contributed by atoms with Gasteiger partial charge in [0.25, 0.3) is 15.9 Å². The lowest BCUT2D eigenvalue weighted by molar-refractivity contribution is -0.00417. The van der Waals surface area contributed by atoms with E-state index in [1.807, 2.05) is 36.4 Å². The van der Waals surface area contributed by atoms with Crippen molar-refractivity contribution in [3.8, 4) is 28.1 Å². The number of benzene rings is 3. The molecule has 1 unspecified atom stereocenters. The van der Waals surface area contributed by atoms with Gasteiger partial charge in [-0.1, -0.05) is 18.2 Å². The van der Waals surface area contributed by atoms with Gasteiger partial charge in [-0.3, -0.25) is 14.5 Å². The van der Waals surface area contributed by atoms with Crippen molar-refractivity contribution in [1.29, 1.82) is 0 Å². The molecule has 3 aliphatic heterocycles. The first kappa shape index (κ1) is 28.5. The fraction of sp³-hybridized carbons (Fsp3) is 0.182. The predicted octanol–water partition coefficient (Wildman–Crippen LogP) is 5.35. The molecule has 8 rings (SSSR count). The first-order chi connectivity index (χ1) is 22.1. The number of anilines is 1. The van der Waals surface area contributed by atoms with E-state index in [1.54, 1.807) is 23.2 Å². The van der Waals surface area contributed by atoms with Gasteiger partial charge in [0.2, 0.25) is 17.9 Å². The lowest BCUT2D eigenvalue weighted by Crippen LogP contribution is -2.42. The minimum atomic E-state index is -4.45. The van der Waals surface area contributed by atoms with Crippen LogP contribution in [0.2, 0.25) is 0 Å². The van der Waals surface area contributed by atoms with Crippen LogP contribution in [0.5, 0.6) is 5.88 Å². The van der Waals surface area contributed by atoms with Crippen LogP contribution >= 0.6 is 0 Å². The Kier molecular flexibility index (Phi) is 6.36. The van der Waals surface area contributed by atoms with Crippen molar-refractivity contribution in [2.24, 2.45) is 0 Å². The maximum absolute atomic E-state index is 14.3. The zero-order valence-electron chi connectivity index (χ0n) is 24.1. The third-order valence-corrected chi connectivity index (χ3v) is 9.94. The number of epoxide rings is 1. The summed E-state index contributed by atoms with van der Waals surface area (Å²) in [6.45, 7) is 0.515. The molecular formula is C33H24F2N4O6S. The van der Waals surface area contributed by atoms with Crippen LogP contribution in [0.25, 0.3) is 33.2 Å². The molecule has 46 heavy (non-hydrogen) atoms. The van der Waals surface area contributed by atoms with Crippen LogP contribution in [0.1, 0.15) is 16.8 Å². The number of amides is 1. The van der Waals surface area contributed by atoms with Gasteiger partial charge in [-0.25, -0.2) is 22.2 Å². The van der Waals surface area contributed by atoms with E-state index in [1.165, 1.54) is 19.4 Å². The Bertz CT molecular complexity index is 2180. The average molecular weight is 643 g/mol. The number of pyridine rings is 2. The molecule has 1 N–H and O–H groups in total. The fourth-order valence-electron chi connectivity index (χ4n) is 6.26. The van der Waals surface area contributed by atoms with Crippen LogP contribution in [0.4, 0.5) is 14.5 Å². The van der Waals surface area contributed by atoms with Crippen molar-refractivity contribution in [1.82, 2.24) is 14.9 Å². The van der Waals surface area contributed by atoms with E-state index >= 15 is 0 Å². The molecule has 2 aromatic heterocycles. The number of likely N-dealkylation sites (tertiary alicyclic amines) is 1. The molecule has 3 atom stereocenters. The van der Waals surface area contributed by atoms with Gasteiger partial charge in [0, 0.05) is 41.4 Å². The molecule has 5 heterocycles. The minimum Gasteiger partial charge on any atom is -0.480 e. The van der Waals surface area contributed by atoms with Gasteiger partial charge in [0.05, 0.1) is 25.3 Å². The minimum absolute atomic E-state index is 0.0225. The first-order valence-electron chi connectivity index (χ1n) is 14.3. The maximum atomic E-state index is 14.3. The normalized spacial score (nSPS) is 21.3. The van der Waals surface area contributed by atoms with Crippen LogP contribution in [0.3, 0.4) is 0 Å². The summed E-state index contributed by atoms with van der Waals surface area (Å²) in [4.78, 5) is 23.1. The highest BCUT2D eigenvalue weighted by Crippen LogP contribution is 2.56. The summed E-state index contributed by atoms with van der Waals surface area (Å²) in [5, 5.41) is 0.813. The number of hydrogen-bond acceptors (Lipinski definition) is 8. The monoisotopic (exact) mass is 642 g/mol. The Morgan fingerprint density at radius 2 is 1.80 bits per heavy atom. The third kappa shape index (κ3) is 4.58. The lowest BCUT2D eigenvalue weighted by Gasteiger charge is -2.23. The largest absolute Gasteiger partial charge is 0.480 e. The third-order valence-electron chi connectivity index (χ3n) is 8.54. The van der Waals surface area contributed by atoms with E-state index in [-0.39, 0.29) is 29.9 Å². The van der Waals surface area contributed by atoms with Crippen molar-refractivity contribution in [3.63, 3.8) is 0 Å². The molecule has 10 nitrogen and oxygen atoms in total. The number of sulfonamides is 1. The summed E-state index contributed by atoms with van der Waals surface area (Å²) in [5.74, 6) is -2.26. The molecule has 1 amide bonds. The van der Waals surface area contributed by atoms with Crippen molar-refractivity contribution in [2.75, 3.05) is 18.4 Å². The summed E-state index contributed by atoms with van der Waals surface area (Å²) in [6, 6.07) is 18.5. The van der Waals surface area contributed by atoms with Gasteiger partial charge in [-0.2, -0.15) is 0 Å². The van der Waals surface area contributed by atoms with Gasteiger partial charge in [0.15, 0.2) is 0 Å². The number of aromatic nitrogens is 2. The van der Waals surface area contributed by atoms with Crippen LogP contribution in [0, 0.1) is 11.6 Å². The summed E-state index contributed by atoms with van der Waals surface area (Å²) in [5.41, 5.74) is 3.62. The van der Waals surface area contributed by atoms with E-state index in [9.17, 15) is 22.0 Å². The first-order valence-corrected chi connectivity index (χ1v) is 15.8. The molecule has 0 radical (unpaired) electrons. The quantitative estimate of drug-likeness (QED) is 0.236. The van der Waals surface area contributed by atoms with E-state index in [0.29, 0.717) is 35.7 Å². The van der Waals surface area contributed by atoms with E-state index < -0.39 is 32.3 Å². The van der Waals surface area contributed by atoms with E-state index in [0.717, 1.165) is 34.2 Å². The Balaban J connectivity index is 1.11. The van der Waals surface area contributed by atoms with Gasteiger partial charge < -0.3 is 19.1 Å². The number of nitrogens with zero attached hydrogens (tertiary/aromatic N) is 3. The van der Waals surface area contributed by atoms with Crippen molar-refractivity contribution < 1.29 is 36.2 Å². The zero-order chi connectivity index (χ0) is 31.8. The van der Waals surface area contributed by atoms with E-state index in [2.05, 4.69) is 14.7 Å². The lowest BCUT2D eigenvalue weighted by atomic mass is 9.97. The molecule has 3 fully saturated rings. The van der Waals surface area contributed by atoms with Crippen molar-refractivity contribution in [2.45, 2.75) is 29.4 Å². The maximum Gasteiger partial charge on any atom is 0.264 e. The zero-order valence-corrected chi connectivity index (χ0v) is 24.9. The van der Waals surface area contributed by atoms with E-state index in [4.69, 9.17) is 14.2 Å². The van der Waals surface area contributed by atoms with Crippen LogP contribution in [-0.2, 0) is 19.5 Å². The number of rotatable bonds is 7. The molecule has 3 saturated heterocycles. The molecule has 1 spiro atoms. The Morgan fingerprint density at radius 1 is 1.00 bits per heavy atom. The van der Waals surface area contributed by atoms with Crippen LogP contribution in [0.15, 0.2) is 90.1 Å². The fourth-order valence-corrected chi connectivity index (χ4v) is 7.37. The Hall–Kier alpha value is -4.98. The van der Waals surface area contributed by atoms with Gasteiger partial charge in [-0.15, -0.1) is 0 Å². The number of fused-ring (bicyclic) bond motifs is 2. The van der Waals surface area contributed by atoms with Gasteiger partial charge >= 0.3 is 0 Å². The van der Waals surface area contributed by atoms with Crippen LogP contribution in [-0.4, -0.2) is 61.0 Å². The molecule has 3 aliphatic rings. The molecule has 2 bridgehead atoms. The number of morpholine rings is 1. The average Bonchev–Trinajstić information content (AvgIpc) is 3.49. The topological polar surface area (TPSA) is 123 Å². The number of carbonyl (C=O) groups is 1. The van der Waals surface area contributed by atoms with Crippen molar-refractivity contribution >= 4 is 32.5 Å². The van der Waals surface area contributed by atoms with Crippen molar-refractivity contribution in [3.05, 3.63) is 102 Å². The summed E-state index contributed by atoms with van der Waals surface area (Å²) < 4.78 is 72.7. The summed E-state index contributed by atoms with van der Waals surface area (Å²) in [7, 11) is -3.13. The van der Waals surface area contributed by atoms with Gasteiger partial charge in [0.1, 0.15) is 22.2 Å². The number of carbonyl (C=O) groups excluding carboxylic acids is 1. The highest BCUT2D eigenvalue weighted by Gasteiger charge is 2.74.